The first-order valence-corrected chi connectivity index (χ1v) is 5.14. The molecule has 1 aliphatic rings. The zero-order chi connectivity index (χ0) is 10.1. The molecule has 1 fully saturated rings. The van der Waals surface area contributed by atoms with E-state index in [0.29, 0.717) is 23.4 Å². The van der Waals surface area contributed by atoms with E-state index in [1.807, 2.05) is 4.57 Å². The molecule has 1 aromatic heterocycles. The van der Waals surface area contributed by atoms with Crippen molar-refractivity contribution in [2.45, 2.75) is 25.8 Å². The third-order valence-corrected chi connectivity index (χ3v) is 2.45. The largest absolute Gasteiger partial charge is 0.461 e. The van der Waals surface area contributed by atoms with Crippen LogP contribution in [0.15, 0.2) is 12.3 Å². The van der Waals surface area contributed by atoms with Crippen molar-refractivity contribution in [3.63, 3.8) is 0 Å². The van der Waals surface area contributed by atoms with Gasteiger partial charge in [-0.25, -0.2) is 4.79 Å². The number of halogens is 1. The van der Waals surface area contributed by atoms with Crippen molar-refractivity contribution >= 4 is 17.6 Å². The lowest BCUT2D eigenvalue weighted by atomic mass is 10.4. The fraction of sp³-hybridized carbons (Fsp3) is 0.500. The molecule has 0 amide bonds. The van der Waals surface area contributed by atoms with Crippen LogP contribution in [0, 0.1) is 0 Å². The van der Waals surface area contributed by atoms with Gasteiger partial charge in [0.25, 0.3) is 0 Å². The average Bonchev–Trinajstić information content (AvgIpc) is 2.90. The third kappa shape index (κ3) is 1.77. The quantitative estimate of drug-likeness (QED) is 0.723. The standard InChI is InChI=1S/C10H12ClNO2/c1-2-14-10(13)9-5-7(11)6-12(9)8-3-4-8/h5-6,8H,2-4H2,1H3. The molecule has 0 radical (unpaired) electrons. The van der Waals surface area contributed by atoms with Crippen molar-refractivity contribution in [3.8, 4) is 0 Å². The monoisotopic (exact) mass is 213 g/mol. The number of esters is 1. The SMILES string of the molecule is CCOC(=O)c1cc(Cl)cn1C1CC1. The van der Waals surface area contributed by atoms with Gasteiger partial charge in [0, 0.05) is 12.2 Å². The summed E-state index contributed by atoms with van der Waals surface area (Å²) in [4.78, 5) is 11.5. The number of carbonyl (C=O) groups is 1. The first kappa shape index (κ1) is 9.59. The normalized spacial score (nSPS) is 15.6. The molecule has 0 spiro atoms. The predicted octanol–water partition coefficient (Wildman–Crippen LogP) is 2.65. The highest BCUT2D eigenvalue weighted by atomic mass is 35.5. The molecule has 0 saturated heterocycles. The maximum atomic E-state index is 11.5. The Balaban J connectivity index is 2.26. The summed E-state index contributed by atoms with van der Waals surface area (Å²) < 4.78 is 6.86. The lowest BCUT2D eigenvalue weighted by molar-refractivity contribution is 0.0513. The molecule has 0 atom stereocenters. The number of carbonyl (C=O) groups excluding carboxylic acids is 1. The van der Waals surface area contributed by atoms with Crippen LogP contribution in [0.25, 0.3) is 0 Å². The Morgan fingerprint density at radius 3 is 3.00 bits per heavy atom. The van der Waals surface area contributed by atoms with Gasteiger partial charge >= 0.3 is 5.97 Å². The Morgan fingerprint density at radius 2 is 2.43 bits per heavy atom. The summed E-state index contributed by atoms with van der Waals surface area (Å²) in [5.41, 5.74) is 0.569. The van der Waals surface area contributed by atoms with Gasteiger partial charge in [0.05, 0.1) is 11.6 Å². The fourth-order valence-electron chi connectivity index (χ4n) is 1.47. The van der Waals surface area contributed by atoms with Crippen LogP contribution in [0.1, 0.15) is 36.3 Å². The molecule has 1 aromatic rings. The minimum Gasteiger partial charge on any atom is -0.461 e. The van der Waals surface area contributed by atoms with Gasteiger partial charge in [-0.05, 0) is 25.8 Å². The summed E-state index contributed by atoms with van der Waals surface area (Å²) in [6.07, 6.45) is 4.04. The zero-order valence-electron chi connectivity index (χ0n) is 8.00. The van der Waals surface area contributed by atoms with Crippen LogP contribution < -0.4 is 0 Å². The molecular formula is C10H12ClNO2. The second-order valence-corrected chi connectivity index (χ2v) is 3.84. The van der Waals surface area contributed by atoms with E-state index in [9.17, 15) is 4.79 Å². The fourth-order valence-corrected chi connectivity index (χ4v) is 1.68. The Bertz CT molecular complexity index is 355. The van der Waals surface area contributed by atoms with E-state index in [0.717, 1.165) is 12.8 Å². The lowest BCUT2D eigenvalue weighted by Gasteiger charge is -2.05. The van der Waals surface area contributed by atoms with Gasteiger partial charge < -0.3 is 9.30 Å². The van der Waals surface area contributed by atoms with Gasteiger partial charge in [-0.15, -0.1) is 0 Å². The van der Waals surface area contributed by atoms with Gasteiger partial charge in [-0.3, -0.25) is 0 Å². The summed E-state index contributed by atoms with van der Waals surface area (Å²) in [5.74, 6) is -0.286. The molecule has 0 unspecified atom stereocenters. The minimum absolute atomic E-state index is 0.286. The second-order valence-electron chi connectivity index (χ2n) is 3.40. The summed E-state index contributed by atoms with van der Waals surface area (Å²) in [5, 5.41) is 0.597. The van der Waals surface area contributed by atoms with Crippen LogP contribution in [0.3, 0.4) is 0 Å². The number of hydrogen-bond donors (Lipinski definition) is 0. The van der Waals surface area contributed by atoms with Crippen LogP contribution in [0.5, 0.6) is 0 Å². The van der Waals surface area contributed by atoms with Crippen molar-refractivity contribution < 1.29 is 9.53 Å². The Kier molecular flexibility index (Phi) is 2.50. The predicted molar refractivity (Wildman–Crippen MR) is 53.7 cm³/mol. The van der Waals surface area contributed by atoms with Gasteiger partial charge in [0.2, 0.25) is 0 Å². The van der Waals surface area contributed by atoms with Crippen LogP contribution in [-0.2, 0) is 4.74 Å². The highest BCUT2D eigenvalue weighted by Gasteiger charge is 2.28. The molecule has 0 aromatic carbocycles. The third-order valence-electron chi connectivity index (χ3n) is 2.24. The summed E-state index contributed by atoms with van der Waals surface area (Å²) in [7, 11) is 0. The molecule has 1 saturated carbocycles. The van der Waals surface area contributed by atoms with Crippen molar-refractivity contribution in [2.24, 2.45) is 0 Å². The van der Waals surface area contributed by atoms with E-state index in [4.69, 9.17) is 16.3 Å². The van der Waals surface area contributed by atoms with Crippen LogP contribution >= 0.6 is 11.6 Å². The molecule has 0 bridgehead atoms. The van der Waals surface area contributed by atoms with E-state index in [-0.39, 0.29) is 5.97 Å². The van der Waals surface area contributed by atoms with Crippen LogP contribution in [-0.4, -0.2) is 17.1 Å². The van der Waals surface area contributed by atoms with Crippen molar-refractivity contribution in [3.05, 3.63) is 23.0 Å². The molecule has 1 aliphatic carbocycles. The number of aromatic nitrogens is 1. The Labute approximate surface area is 87.6 Å². The van der Waals surface area contributed by atoms with Crippen molar-refractivity contribution in [2.75, 3.05) is 6.61 Å². The van der Waals surface area contributed by atoms with E-state index >= 15 is 0 Å². The number of hydrogen-bond acceptors (Lipinski definition) is 2. The highest BCUT2D eigenvalue weighted by Crippen LogP contribution is 2.37. The van der Waals surface area contributed by atoms with Gasteiger partial charge in [0.1, 0.15) is 5.69 Å². The van der Waals surface area contributed by atoms with E-state index in [2.05, 4.69) is 0 Å². The Morgan fingerprint density at radius 1 is 1.71 bits per heavy atom. The molecule has 0 aliphatic heterocycles. The second kappa shape index (κ2) is 3.65. The topological polar surface area (TPSA) is 31.2 Å². The summed E-state index contributed by atoms with van der Waals surface area (Å²) >= 11 is 5.85. The molecule has 2 rings (SSSR count). The van der Waals surface area contributed by atoms with E-state index < -0.39 is 0 Å². The Hall–Kier alpha value is -0.960. The molecule has 4 heteroatoms. The first-order valence-electron chi connectivity index (χ1n) is 4.77. The maximum Gasteiger partial charge on any atom is 0.354 e. The van der Waals surface area contributed by atoms with Crippen molar-refractivity contribution in [1.29, 1.82) is 0 Å². The molecule has 14 heavy (non-hydrogen) atoms. The first-order chi connectivity index (χ1) is 6.72. The minimum atomic E-state index is -0.286. The van der Waals surface area contributed by atoms with Crippen LogP contribution in [0.4, 0.5) is 0 Å². The number of rotatable bonds is 3. The van der Waals surface area contributed by atoms with Crippen molar-refractivity contribution in [1.82, 2.24) is 4.57 Å². The average molecular weight is 214 g/mol. The molecule has 1 heterocycles. The van der Waals surface area contributed by atoms with E-state index in [1.165, 1.54) is 0 Å². The molecule has 3 nitrogen and oxygen atoms in total. The lowest BCUT2D eigenvalue weighted by Crippen LogP contribution is -2.10. The van der Waals surface area contributed by atoms with Gasteiger partial charge in [-0.2, -0.15) is 0 Å². The molecular weight excluding hydrogens is 202 g/mol. The molecule has 76 valence electrons. The number of ether oxygens (including phenoxy) is 1. The van der Waals surface area contributed by atoms with Gasteiger partial charge in [0.15, 0.2) is 0 Å². The summed E-state index contributed by atoms with van der Waals surface area (Å²) in [6.45, 7) is 2.19. The van der Waals surface area contributed by atoms with Crippen LogP contribution in [0.2, 0.25) is 5.02 Å². The van der Waals surface area contributed by atoms with Gasteiger partial charge in [-0.1, -0.05) is 11.6 Å². The van der Waals surface area contributed by atoms with E-state index in [1.54, 1.807) is 19.2 Å². The smallest absolute Gasteiger partial charge is 0.354 e. The number of nitrogens with zero attached hydrogens (tertiary/aromatic N) is 1. The summed E-state index contributed by atoms with van der Waals surface area (Å²) in [6, 6.07) is 2.11. The highest BCUT2D eigenvalue weighted by molar-refractivity contribution is 6.31. The molecule has 0 N–H and O–H groups in total. The zero-order valence-corrected chi connectivity index (χ0v) is 8.75. The maximum absolute atomic E-state index is 11.5.